The number of phenolic OH excluding ortho intramolecular Hbond substituents is 1. The zero-order valence-electron chi connectivity index (χ0n) is 9.77. The zero-order chi connectivity index (χ0) is 12.5. The van der Waals surface area contributed by atoms with Gasteiger partial charge in [0.05, 0.1) is 5.41 Å². The summed E-state index contributed by atoms with van der Waals surface area (Å²) in [7, 11) is 0. The molecular weight excluding hydrogens is 220 g/mol. The number of carbonyl (C=O) groups is 1. The van der Waals surface area contributed by atoms with Crippen molar-refractivity contribution in [2.45, 2.75) is 25.2 Å². The molecule has 4 nitrogen and oxygen atoms in total. The quantitative estimate of drug-likeness (QED) is 0.822. The van der Waals surface area contributed by atoms with Gasteiger partial charge in [0.2, 0.25) is 0 Å². The third-order valence-electron chi connectivity index (χ3n) is 3.52. The molecule has 0 amide bonds. The van der Waals surface area contributed by atoms with E-state index in [1.165, 1.54) is 0 Å². The van der Waals surface area contributed by atoms with Gasteiger partial charge >= 0.3 is 5.97 Å². The Balaban J connectivity index is 2.45. The Kier molecular flexibility index (Phi) is 3.07. The SMILES string of the molecule is Cc1ccc(C2(C(=O)O)CCOCC2)cc1O. The van der Waals surface area contributed by atoms with Gasteiger partial charge in [-0.3, -0.25) is 4.79 Å². The van der Waals surface area contributed by atoms with Crippen LogP contribution in [0.5, 0.6) is 5.75 Å². The Morgan fingerprint density at radius 1 is 1.35 bits per heavy atom. The van der Waals surface area contributed by atoms with Crippen LogP contribution in [-0.2, 0) is 14.9 Å². The van der Waals surface area contributed by atoms with Gasteiger partial charge in [0.15, 0.2) is 0 Å². The van der Waals surface area contributed by atoms with Crippen LogP contribution in [0.15, 0.2) is 18.2 Å². The van der Waals surface area contributed by atoms with Crippen LogP contribution in [0.3, 0.4) is 0 Å². The summed E-state index contributed by atoms with van der Waals surface area (Å²) in [6.07, 6.45) is 0.898. The molecule has 0 aliphatic carbocycles. The number of rotatable bonds is 2. The first kappa shape index (κ1) is 11.9. The van der Waals surface area contributed by atoms with Crippen LogP contribution in [0.4, 0.5) is 0 Å². The summed E-state index contributed by atoms with van der Waals surface area (Å²) in [6.45, 7) is 2.68. The highest BCUT2D eigenvalue weighted by Crippen LogP contribution is 2.37. The van der Waals surface area contributed by atoms with Gasteiger partial charge in [0.1, 0.15) is 5.75 Å². The van der Waals surface area contributed by atoms with E-state index in [2.05, 4.69) is 0 Å². The minimum absolute atomic E-state index is 0.148. The summed E-state index contributed by atoms with van der Waals surface area (Å²) in [5.74, 6) is -0.696. The number of aliphatic carboxylic acids is 1. The highest BCUT2D eigenvalue weighted by atomic mass is 16.5. The van der Waals surface area contributed by atoms with Gasteiger partial charge in [-0.25, -0.2) is 0 Å². The van der Waals surface area contributed by atoms with Crippen molar-refractivity contribution in [3.63, 3.8) is 0 Å². The second-order valence-corrected chi connectivity index (χ2v) is 4.50. The first-order chi connectivity index (χ1) is 8.06. The van der Waals surface area contributed by atoms with Gasteiger partial charge in [-0.15, -0.1) is 0 Å². The molecule has 1 aromatic carbocycles. The van der Waals surface area contributed by atoms with Gasteiger partial charge in [0.25, 0.3) is 0 Å². The van der Waals surface area contributed by atoms with Crippen LogP contribution >= 0.6 is 0 Å². The summed E-state index contributed by atoms with van der Waals surface area (Å²) < 4.78 is 5.22. The molecule has 0 atom stereocenters. The van der Waals surface area contributed by atoms with Crippen molar-refractivity contribution in [2.24, 2.45) is 0 Å². The number of phenols is 1. The number of carboxylic acid groups (broad SMARTS) is 1. The molecular formula is C13H16O4. The molecule has 1 heterocycles. The van der Waals surface area contributed by atoms with E-state index in [0.29, 0.717) is 31.6 Å². The molecule has 1 aliphatic heterocycles. The highest BCUT2D eigenvalue weighted by molar-refractivity contribution is 5.81. The Labute approximate surface area is 99.8 Å². The predicted octanol–water partition coefficient (Wildman–Crippen LogP) is 1.83. The molecule has 1 aromatic rings. The maximum absolute atomic E-state index is 11.5. The summed E-state index contributed by atoms with van der Waals surface area (Å²) in [4.78, 5) is 11.5. The largest absolute Gasteiger partial charge is 0.508 e. The van der Waals surface area contributed by atoms with E-state index in [0.717, 1.165) is 5.56 Å². The van der Waals surface area contributed by atoms with Gasteiger partial charge in [-0.05, 0) is 37.0 Å². The molecule has 0 saturated carbocycles. The van der Waals surface area contributed by atoms with E-state index >= 15 is 0 Å². The van der Waals surface area contributed by atoms with Crippen molar-refractivity contribution < 1.29 is 19.7 Å². The Morgan fingerprint density at radius 3 is 2.53 bits per heavy atom. The maximum atomic E-state index is 11.5. The van der Waals surface area contributed by atoms with Gasteiger partial charge in [-0.2, -0.15) is 0 Å². The van der Waals surface area contributed by atoms with E-state index in [1.807, 2.05) is 0 Å². The first-order valence-electron chi connectivity index (χ1n) is 5.67. The van der Waals surface area contributed by atoms with Crippen molar-refractivity contribution in [1.29, 1.82) is 0 Å². The van der Waals surface area contributed by atoms with E-state index in [1.54, 1.807) is 25.1 Å². The molecule has 1 aliphatic rings. The fourth-order valence-electron chi connectivity index (χ4n) is 2.25. The number of ether oxygens (including phenoxy) is 1. The molecule has 0 aromatic heterocycles. The van der Waals surface area contributed by atoms with Gasteiger partial charge in [0, 0.05) is 13.2 Å². The first-order valence-corrected chi connectivity index (χ1v) is 5.67. The van der Waals surface area contributed by atoms with E-state index in [9.17, 15) is 15.0 Å². The molecule has 17 heavy (non-hydrogen) atoms. The Hall–Kier alpha value is -1.55. The van der Waals surface area contributed by atoms with Crippen molar-refractivity contribution in [3.05, 3.63) is 29.3 Å². The van der Waals surface area contributed by atoms with Crippen molar-refractivity contribution >= 4 is 5.97 Å². The van der Waals surface area contributed by atoms with Crippen LogP contribution in [0.2, 0.25) is 0 Å². The molecule has 0 spiro atoms. The maximum Gasteiger partial charge on any atom is 0.314 e. The lowest BCUT2D eigenvalue weighted by Crippen LogP contribution is -2.41. The molecule has 0 bridgehead atoms. The minimum Gasteiger partial charge on any atom is -0.508 e. The second kappa shape index (κ2) is 4.37. The van der Waals surface area contributed by atoms with Crippen LogP contribution in [0.1, 0.15) is 24.0 Å². The molecule has 92 valence electrons. The van der Waals surface area contributed by atoms with Crippen molar-refractivity contribution in [2.75, 3.05) is 13.2 Å². The van der Waals surface area contributed by atoms with Crippen LogP contribution in [0, 0.1) is 6.92 Å². The number of hydrogen-bond donors (Lipinski definition) is 2. The Morgan fingerprint density at radius 2 is 2.00 bits per heavy atom. The van der Waals surface area contributed by atoms with Crippen molar-refractivity contribution in [1.82, 2.24) is 0 Å². The summed E-state index contributed by atoms with van der Waals surface area (Å²) in [5, 5.41) is 19.2. The molecule has 1 fully saturated rings. The second-order valence-electron chi connectivity index (χ2n) is 4.50. The standard InChI is InChI=1S/C13H16O4/c1-9-2-3-10(8-11(9)14)13(12(15)16)4-6-17-7-5-13/h2-3,8,14H,4-7H2,1H3,(H,15,16). The monoisotopic (exact) mass is 236 g/mol. The summed E-state index contributed by atoms with van der Waals surface area (Å²) in [6, 6.07) is 5.11. The normalized spacial score (nSPS) is 18.9. The van der Waals surface area contributed by atoms with Crippen molar-refractivity contribution in [3.8, 4) is 5.75 Å². The van der Waals surface area contributed by atoms with E-state index in [-0.39, 0.29) is 5.75 Å². The number of carboxylic acids is 1. The lowest BCUT2D eigenvalue weighted by molar-refractivity contribution is -0.147. The molecule has 0 unspecified atom stereocenters. The van der Waals surface area contributed by atoms with Gasteiger partial charge < -0.3 is 14.9 Å². The van der Waals surface area contributed by atoms with Crippen LogP contribution in [0.25, 0.3) is 0 Å². The third kappa shape index (κ3) is 2.00. The fraction of sp³-hybridized carbons (Fsp3) is 0.462. The highest BCUT2D eigenvalue weighted by Gasteiger charge is 2.42. The number of aromatic hydroxyl groups is 1. The van der Waals surface area contributed by atoms with Crippen LogP contribution < -0.4 is 0 Å². The van der Waals surface area contributed by atoms with E-state index < -0.39 is 11.4 Å². The fourth-order valence-corrected chi connectivity index (χ4v) is 2.25. The lowest BCUT2D eigenvalue weighted by Gasteiger charge is -2.33. The lowest BCUT2D eigenvalue weighted by atomic mass is 9.74. The summed E-state index contributed by atoms with van der Waals surface area (Å²) >= 11 is 0. The summed E-state index contributed by atoms with van der Waals surface area (Å²) in [5.41, 5.74) is 0.501. The average Bonchev–Trinajstić information content (AvgIpc) is 2.33. The molecule has 4 heteroatoms. The topological polar surface area (TPSA) is 66.8 Å². The molecule has 0 radical (unpaired) electrons. The van der Waals surface area contributed by atoms with E-state index in [4.69, 9.17) is 4.74 Å². The van der Waals surface area contributed by atoms with Crippen LogP contribution in [-0.4, -0.2) is 29.4 Å². The van der Waals surface area contributed by atoms with Gasteiger partial charge in [-0.1, -0.05) is 12.1 Å². The number of aryl methyl sites for hydroxylation is 1. The minimum atomic E-state index is -0.913. The molecule has 2 rings (SSSR count). The number of benzene rings is 1. The zero-order valence-corrected chi connectivity index (χ0v) is 9.77. The average molecular weight is 236 g/mol. The number of hydrogen-bond acceptors (Lipinski definition) is 3. The Bertz CT molecular complexity index is 433. The molecule has 2 N–H and O–H groups in total. The predicted molar refractivity (Wildman–Crippen MR) is 62.2 cm³/mol. The third-order valence-corrected chi connectivity index (χ3v) is 3.52. The smallest absolute Gasteiger partial charge is 0.314 e. The molecule has 1 saturated heterocycles.